The van der Waals surface area contributed by atoms with E-state index in [-0.39, 0.29) is 18.0 Å². The molecule has 0 aliphatic carbocycles. The van der Waals surface area contributed by atoms with E-state index in [1.165, 1.54) is 0 Å². The van der Waals surface area contributed by atoms with E-state index in [9.17, 15) is 4.79 Å². The Bertz CT molecular complexity index is 595. The van der Waals surface area contributed by atoms with Crippen molar-refractivity contribution in [1.29, 1.82) is 0 Å². The van der Waals surface area contributed by atoms with E-state index in [1.807, 2.05) is 44.2 Å². The van der Waals surface area contributed by atoms with Crippen LogP contribution in [0.25, 0.3) is 0 Å². The minimum absolute atomic E-state index is 0.0112. The number of nitrogens with zero attached hydrogens (tertiary/aromatic N) is 3. The van der Waals surface area contributed by atoms with Crippen molar-refractivity contribution in [1.82, 2.24) is 14.7 Å². The molecular formula is C16H21N3O2. The number of ether oxygens (including phenoxy) is 1. The summed E-state index contributed by atoms with van der Waals surface area (Å²) in [6, 6.07) is 9.15. The molecule has 0 aliphatic rings. The number of aromatic nitrogens is 2. The van der Waals surface area contributed by atoms with Crippen molar-refractivity contribution < 1.29 is 9.53 Å². The lowest BCUT2D eigenvalue weighted by Gasteiger charge is -2.29. The predicted molar refractivity (Wildman–Crippen MR) is 81.1 cm³/mol. The first-order valence-corrected chi connectivity index (χ1v) is 6.95. The molecule has 0 N–H and O–H groups in total. The summed E-state index contributed by atoms with van der Waals surface area (Å²) in [5.41, 5.74) is 0.989. The van der Waals surface area contributed by atoms with Crippen molar-refractivity contribution in [3.05, 3.63) is 48.3 Å². The third kappa shape index (κ3) is 3.07. The SMILES string of the molecule is COc1ccccc1C(C)N(C)C(=O)C(C)n1cccn1. The summed E-state index contributed by atoms with van der Waals surface area (Å²) >= 11 is 0. The van der Waals surface area contributed by atoms with Gasteiger partial charge in [-0.05, 0) is 26.0 Å². The highest BCUT2D eigenvalue weighted by atomic mass is 16.5. The molecule has 2 aromatic rings. The van der Waals surface area contributed by atoms with E-state index in [4.69, 9.17) is 4.74 Å². The van der Waals surface area contributed by atoms with Gasteiger partial charge in [0.05, 0.1) is 13.2 Å². The second-order valence-corrected chi connectivity index (χ2v) is 5.03. The van der Waals surface area contributed by atoms with Crippen molar-refractivity contribution in [3.63, 3.8) is 0 Å². The summed E-state index contributed by atoms with van der Waals surface area (Å²) in [5.74, 6) is 0.800. The molecule has 5 nitrogen and oxygen atoms in total. The molecule has 0 radical (unpaired) electrons. The standard InChI is InChI=1S/C16H21N3O2/c1-12(14-8-5-6-9-15(14)21-4)18(3)16(20)13(2)19-11-7-10-17-19/h5-13H,1-4H3. The highest BCUT2D eigenvalue weighted by molar-refractivity contribution is 5.80. The minimum Gasteiger partial charge on any atom is -0.496 e. The van der Waals surface area contributed by atoms with Gasteiger partial charge < -0.3 is 9.64 Å². The number of benzene rings is 1. The highest BCUT2D eigenvalue weighted by Gasteiger charge is 2.25. The molecule has 0 fully saturated rings. The molecule has 0 saturated heterocycles. The van der Waals surface area contributed by atoms with Crippen LogP contribution < -0.4 is 4.74 Å². The zero-order valence-corrected chi connectivity index (χ0v) is 12.9. The maximum Gasteiger partial charge on any atom is 0.247 e. The van der Waals surface area contributed by atoms with Gasteiger partial charge in [0, 0.05) is 25.0 Å². The Balaban J connectivity index is 2.18. The molecule has 2 atom stereocenters. The van der Waals surface area contributed by atoms with Crippen LogP contribution in [0.1, 0.15) is 31.5 Å². The van der Waals surface area contributed by atoms with Crippen molar-refractivity contribution in [2.45, 2.75) is 25.9 Å². The summed E-state index contributed by atoms with van der Waals surface area (Å²) in [6.07, 6.45) is 3.47. The van der Waals surface area contributed by atoms with Gasteiger partial charge in [-0.15, -0.1) is 0 Å². The number of carbonyl (C=O) groups is 1. The first-order chi connectivity index (χ1) is 10.1. The first-order valence-electron chi connectivity index (χ1n) is 6.95. The summed E-state index contributed by atoms with van der Waals surface area (Å²) in [5, 5.41) is 4.13. The van der Waals surface area contributed by atoms with E-state index in [0.717, 1.165) is 11.3 Å². The molecule has 1 heterocycles. The average Bonchev–Trinajstić information content (AvgIpc) is 3.06. The third-order valence-corrected chi connectivity index (χ3v) is 3.80. The van der Waals surface area contributed by atoms with Crippen molar-refractivity contribution in [3.8, 4) is 5.75 Å². The minimum atomic E-state index is -0.331. The molecule has 2 rings (SSSR count). The van der Waals surface area contributed by atoms with E-state index in [2.05, 4.69) is 5.10 Å². The largest absolute Gasteiger partial charge is 0.496 e. The van der Waals surface area contributed by atoms with Crippen molar-refractivity contribution in [2.24, 2.45) is 0 Å². The lowest BCUT2D eigenvalue weighted by atomic mass is 10.1. The van der Waals surface area contributed by atoms with Gasteiger partial charge in [-0.25, -0.2) is 0 Å². The predicted octanol–water partition coefficient (Wildman–Crippen LogP) is 2.67. The maximum atomic E-state index is 12.6. The number of hydrogen-bond acceptors (Lipinski definition) is 3. The summed E-state index contributed by atoms with van der Waals surface area (Å²) in [6.45, 7) is 3.84. The Morgan fingerprint density at radius 1 is 1.29 bits per heavy atom. The molecule has 1 aromatic heterocycles. The molecule has 1 aromatic carbocycles. The molecule has 0 saturated carbocycles. The smallest absolute Gasteiger partial charge is 0.247 e. The van der Waals surface area contributed by atoms with Gasteiger partial charge in [0.1, 0.15) is 11.8 Å². The summed E-state index contributed by atoms with van der Waals surface area (Å²) in [4.78, 5) is 14.3. The van der Waals surface area contributed by atoms with Crippen molar-refractivity contribution >= 4 is 5.91 Å². The molecule has 0 aliphatic heterocycles. The fourth-order valence-electron chi connectivity index (χ4n) is 2.33. The van der Waals surface area contributed by atoms with Crippen LogP contribution in [0.3, 0.4) is 0 Å². The van der Waals surface area contributed by atoms with E-state index < -0.39 is 0 Å². The number of para-hydroxylation sites is 1. The van der Waals surface area contributed by atoms with Gasteiger partial charge in [0.15, 0.2) is 0 Å². The van der Waals surface area contributed by atoms with Crippen LogP contribution in [0.2, 0.25) is 0 Å². The zero-order chi connectivity index (χ0) is 15.4. The number of rotatable bonds is 5. The van der Waals surface area contributed by atoms with Crippen LogP contribution in [0.15, 0.2) is 42.7 Å². The molecule has 0 spiro atoms. The number of likely N-dealkylation sites (N-methyl/N-ethyl adjacent to an activating group) is 1. The van der Waals surface area contributed by atoms with Gasteiger partial charge >= 0.3 is 0 Å². The highest BCUT2D eigenvalue weighted by Crippen LogP contribution is 2.29. The number of amides is 1. The monoisotopic (exact) mass is 287 g/mol. The fraction of sp³-hybridized carbons (Fsp3) is 0.375. The van der Waals surface area contributed by atoms with Gasteiger partial charge in [-0.1, -0.05) is 18.2 Å². The number of methoxy groups -OCH3 is 1. The van der Waals surface area contributed by atoms with Crippen LogP contribution >= 0.6 is 0 Å². The summed E-state index contributed by atoms with van der Waals surface area (Å²) < 4.78 is 7.03. The Kier molecular flexibility index (Phi) is 4.62. The molecule has 112 valence electrons. The number of carbonyl (C=O) groups excluding carboxylic acids is 1. The van der Waals surface area contributed by atoms with Crippen LogP contribution in [-0.2, 0) is 4.79 Å². The normalized spacial score (nSPS) is 13.5. The van der Waals surface area contributed by atoms with Crippen LogP contribution in [0.4, 0.5) is 0 Å². The van der Waals surface area contributed by atoms with Gasteiger partial charge in [0.25, 0.3) is 0 Å². The Hall–Kier alpha value is -2.30. The van der Waals surface area contributed by atoms with Gasteiger partial charge in [0.2, 0.25) is 5.91 Å². The topological polar surface area (TPSA) is 47.4 Å². The third-order valence-electron chi connectivity index (χ3n) is 3.80. The van der Waals surface area contributed by atoms with Gasteiger partial charge in [-0.2, -0.15) is 5.10 Å². The lowest BCUT2D eigenvalue weighted by molar-refractivity contribution is -0.135. The quantitative estimate of drug-likeness (QED) is 0.849. The van der Waals surface area contributed by atoms with Gasteiger partial charge in [-0.3, -0.25) is 9.48 Å². The fourth-order valence-corrected chi connectivity index (χ4v) is 2.33. The Labute approximate surface area is 125 Å². The lowest BCUT2D eigenvalue weighted by Crippen LogP contribution is -2.35. The molecular weight excluding hydrogens is 266 g/mol. The number of hydrogen-bond donors (Lipinski definition) is 0. The van der Waals surface area contributed by atoms with Crippen LogP contribution in [0, 0.1) is 0 Å². The second-order valence-electron chi connectivity index (χ2n) is 5.03. The molecule has 1 amide bonds. The second kappa shape index (κ2) is 6.43. The van der Waals surface area contributed by atoms with Crippen LogP contribution in [-0.4, -0.2) is 34.7 Å². The molecule has 5 heteroatoms. The van der Waals surface area contributed by atoms with E-state index in [1.54, 1.807) is 36.1 Å². The summed E-state index contributed by atoms with van der Waals surface area (Å²) in [7, 11) is 3.44. The Morgan fingerprint density at radius 2 is 2.00 bits per heavy atom. The maximum absolute atomic E-state index is 12.6. The zero-order valence-electron chi connectivity index (χ0n) is 12.9. The van der Waals surface area contributed by atoms with Crippen LogP contribution in [0.5, 0.6) is 5.75 Å². The average molecular weight is 287 g/mol. The first kappa shape index (κ1) is 15.1. The van der Waals surface area contributed by atoms with E-state index >= 15 is 0 Å². The molecule has 2 unspecified atom stereocenters. The molecule has 21 heavy (non-hydrogen) atoms. The van der Waals surface area contributed by atoms with E-state index in [0.29, 0.717) is 0 Å². The Morgan fingerprint density at radius 3 is 2.62 bits per heavy atom. The van der Waals surface area contributed by atoms with Crippen molar-refractivity contribution in [2.75, 3.05) is 14.2 Å². The molecule has 0 bridgehead atoms.